The average molecular weight is 311 g/mol. The molecule has 0 aromatic heterocycles. The highest BCUT2D eigenvalue weighted by atomic mass is 35.5. The van der Waals surface area contributed by atoms with Gasteiger partial charge in [-0.1, -0.05) is 42.7 Å². The third kappa shape index (κ3) is 3.49. The van der Waals surface area contributed by atoms with E-state index < -0.39 is 0 Å². The van der Waals surface area contributed by atoms with Crippen LogP contribution in [-0.4, -0.2) is 28.4 Å². The number of thiocarbonyl (C=S) groups is 1. The maximum Gasteiger partial charge on any atom is 0.255 e. The van der Waals surface area contributed by atoms with Crippen molar-refractivity contribution >= 4 is 34.7 Å². The lowest BCUT2D eigenvalue weighted by Crippen LogP contribution is -2.43. The lowest BCUT2D eigenvalue weighted by molar-refractivity contribution is 0.0715. The van der Waals surface area contributed by atoms with E-state index in [0.29, 0.717) is 22.1 Å². The van der Waals surface area contributed by atoms with E-state index >= 15 is 0 Å². The van der Waals surface area contributed by atoms with E-state index in [1.165, 1.54) is 0 Å². The second-order valence-electron chi connectivity index (χ2n) is 5.32. The van der Waals surface area contributed by atoms with Crippen molar-refractivity contribution in [3.63, 3.8) is 0 Å². The molecule has 1 aromatic carbocycles. The zero-order valence-electron chi connectivity index (χ0n) is 11.6. The fraction of sp³-hybridized carbons (Fsp3) is 0.467. The minimum atomic E-state index is -0.0744. The van der Waals surface area contributed by atoms with Gasteiger partial charge in [0.1, 0.15) is 0 Å². The molecule has 1 aromatic rings. The zero-order valence-corrected chi connectivity index (χ0v) is 13.1. The lowest BCUT2D eigenvalue weighted by atomic mass is 10.1. The van der Waals surface area contributed by atoms with Gasteiger partial charge in [0.2, 0.25) is 0 Å². The topological polar surface area (TPSA) is 46.3 Å². The van der Waals surface area contributed by atoms with Crippen molar-refractivity contribution in [1.29, 1.82) is 0 Å². The molecule has 1 aliphatic carbocycles. The molecule has 0 radical (unpaired) electrons. The molecular formula is C15H19ClN2OS. The summed E-state index contributed by atoms with van der Waals surface area (Å²) in [5, 5.41) is 0.487. The summed E-state index contributed by atoms with van der Waals surface area (Å²) in [5.41, 5.74) is 7.21. The Morgan fingerprint density at radius 3 is 2.65 bits per heavy atom. The number of carbonyl (C=O) groups excluding carboxylic acids is 1. The normalized spacial score (nSPS) is 15.3. The standard InChI is InChI=1S/C15H19ClN2OS/c1-10-6-7-12(13(16)8-10)15(19)18(9-14(17)20)11-4-2-3-5-11/h6-8,11H,2-5,9H2,1H3,(H2,17,20). The van der Waals surface area contributed by atoms with Gasteiger partial charge in [0.05, 0.1) is 22.1 Å². The van der Waals surface area contributed by atoms with Crippen LogP contribution in [0.1, 0.15) is 41.6 Å². The Morgan fingerprint density at radius 1 is 1.45 bits per heavy atom. The Labute approximate surface area is 130 Å². The smallest absolute Gasteiger partial charge is 0.255 e. The highest BCUT2D eigenvalue weighted by Crippen LogP contribution is 2.27. The monoisotopic (exact) mass is 310 g/mol. The molecule has 20 heavy (non-hydrogen) atoms. The number of rotatable bonds is 4. The molecule has 0 spiro atoms. The molecule has 0 unspecified atom stereocenters. The summed E-state index contributed by atoms with van der Waals surface area (Å²) in [6, 6.07) is 5.71. The molecule has 3 nitrogen and oxygen atoms in total. The van der Waals surface area contributed by atoms with E-state index in [4.69, 9.17) is 29.6 Å². The number of nitrogens with two attached hydrogens (primary N) is 1. The first-order valence-electron chi connectivity index (χ1n) is 6.84. The highest BCUT2D eigenvalue weighted by molar-refractivity contribution is 7.80. The van der Waals surface area contributed by atoms with E-state index in [1.807, 2.05) is 19.1 Å². The Morgan fingerprint density at radius 2 is 2.10 bits per heavy atom. The number of hydrogen-bond donors (Lipinski definition) is 1. The van der Waals surface area contributed by atoms with Gasteiger partial charge < -0.3 is 10.6 Å². The quantitative estimate of drug-likeness (QED) is 0.868. The fourth-order valence-electron chi connectivity index (χ4n) is 2.70. The van der Waals surface area contributed by atoms with Gasteiger partial charge in [0, 0.05) is 6.04 Å². The molecule has 5 heteroatoms. The number of nitrogens with zero attached hydrogens (tertiary/aromatic N) is 1. The van der Waals surface area contributed by atoms with E-state index in [1.54, 1.807) is 11.0 Å². The van der Waals surface area contributed by atoms with E-state index in [0.717, 1.165) is 31.2 Å². The number of carbonyl (C=O) groups is 1. The fourth-order valence-corrected chi connectivity index (χ4v) is 3.15. The van der Waals surface area contributed by atoms with Gasteiger partial charge in [-0.05, 0) is 37.5 Å². The summed E-state index contributed by atoms with van der Waals surface area (Å²) in [4.78, 5) is 14.9. The van der Waals surface area contributed by atoms with Crippen LogP contribution in [-0.2, 0) is 0 Å². The molecule has 1 aliphatic rings. The number of halogens is 1. The Kier molecular flexibility index (Phi) is 5.00. The Balaban J connectivity index is 2.27. The second kappa shape index (κ2) is 6.55. The van der Waals surface area contributed by atoms with Crippen LogP contribution in [0.25, 0.3) is 0 Å². The maximum absolute atomic E-state index is 12.7. The van der Waals surface area contributed by atoms with Crippen molar-refractivity contribution in [1.82, 2.24) is 4.90 Å². The molecule has 1 amide bonds. The first-order valence-corrected chi connectivity index (χ1v) is 7.63. The number of hydrogen-bond acceptors (Lipinski definition) is 2. The van der Waals surface area contributed by atoms with Gasteiger partial charge in [-0.25, -0.2) is 0 Å². The summed E-state index contributed by atoms with van der Waals surface area (Å²) in [5.74, 6) is -0.0744. The molecule has 108 valence electrons. The van der Waals surface area contributed by atoms with Crippen LogP contribution in [0.3, 0.4) is 0 Å². The third-order valence-corrected chi connectivity index (χ3v) is 4.15. The van der Waals surface area contributed by atoms with Gasteiger partial charge in [-0.3, -0.25) is 4.79 Å². The van der Waals surface area contributed by atoms with Crippen LogP contribution in [0.4, 0.5) is 0 Å². The largest absolute Gasteiger partial charge is 0.392 e. The molecule has 0 heterocycles. The third-order valence-electron chi connectivity index (χ3n) is 3.71. The van der Waals surface area contributed by atoms with E-state index in [-0.39, 0.29) is 11.9 Å². The summed E-state index contributed by atoms with van der Waals surface area (Å²) < 4.78 is 0. The van der Waals surface area contributed by atoms with Gasteiger partial charge in [0.25, 0.3) is 5.91 Å². The number of amides is 1. The minimum Gasteiger partial charge on any atom is -0.392 e. The molecule has 2 rings (SSSR count). The molecule has 0 aliphatic heterocycles. The van der Waals surface area contributed by atoms with Crippen molar-refractivity contribution in [2.45, 2.75) is 38.6 Å². The molecule has 0 bridgehead atoms. The highest BCUT2D eigenvalue weighted by Gasteiger charge is 2.28. The molecule has 0 atom stereocenters. The summed E-state index contributed by atoms with van der Waals surface area (Å²) in [6.07, 6.45) is 4.32. The number of benzene rings is 1. The second-order valence-corrected chi connectivity index (χ2v) is 6.25. The Hall–Kier alpha value is -1.13. The number of aryl methyl sites for hydroxylation is 1. The SMILES string of the molecule is Cc1ccc(C(=O)N(CC(N)=S)C2CCCC2)c(Cl)c1. The van der Waals surface area contributed by atoms with Crippen molar-refractivity contribution in [3.8, 4) is 0 Å². The van der Waals surface area contributed by atoms with Crippen LogP contribution in [0.5, 0.6) is 0 Å². The van der Waals surface area contributed by atoms with E-state index in [9.17, 15) is 4.79 Å². The maximum atomic E-state index is 12.7. The first kappa shape index (κ1) is 15.3. The van der Waals surface area contributed by atoms with Crippen LogP contribution >= 0.6 is 23.8 Å². The summed E-state index contributed by atoms with van der Waals surface area (Å²) >= 11 is 11.2. The molecule has 1 fully saturated rings. The van der Waals surface area contributed by atoms with Gasteiger partial charge in [-0.15, -0.1) is 0 Å². The van der Waals surface area contributed by atoms with Crippen molar-refractivity contribution in [3.05, 3.63) is 34.3 Å². The van der Waals surface area contributed by atoms with Crippen LogP contribution < -0.4 is 5.73 Å². The van der Waals surface area contributed by atoms with Gasteiger partial charge in [-0.2, -0.15) is 0 Å². The molecular weight excluding hydrogens is 292 g/mol. The lowest BCUT2D eigenvalue weighted by Gasteiger charge is -2.29. The van der Waals surface area contributed by atoms with Gasteiger partial charge in [0.15, 0.2) is 0 Å². The summed E-state index contributed by atoms with van der Waals surface area (Å²) in [6.45, 7) is 2.27. The molecule has 1 saturated carbocycles. The van der Waals surface area contributed by atoms with Crippen LogP contribution in [0.15, 0.2) is 18.2 Å². The molecule has 2 N–H and O–H groups in total. The van der Waals surface area contributed by atoms with Crippen molar-refractivity contribution in [2.24, 2.45) is 5.73 Å². The van der Waals surface area contributed by atoms with Crippen molar-refractivity contribution < 1.29 is 4.79 Å². The Bertz CT molecular complexity index is 527. The molecule has 0 saturated heterocycles. The average Bonchev–Trinajstić information content (AvgIpc) is 2.88. The predicted octanol–water partition coefficient (Wildman–Crippen LogP) is 3.32. The van der Waals surface area contributed by atoms with Crippen LogP contribution in [0.2, 0.25) is 5.02 Å². The van der Waals surface area contributed by atoms with E-state index in [2.05, 4.69) is 0 Å². The predicted molar refractivity (Wildman–Crippen MR) is 86.3 cm³/mol. The van der Waals surface area contributed by atoms with Crippen molar-refractivity contribution in [2.75, 3.05) is 6.54 Å². The first-order chi connectivity index (χ1) is 9.49. The summed E-state index contributed by atoms with van der Waals surface area (Å²) in [7, 11) is 0. The van der Waals surface area contributed by atoms with Gasteiger partial charge >= 0.3 is 0 Å². The zero-order chi connectivity index (χ0) is 14.7. The van der Waals surface area contributed by atoms with Crippen LogP contribution in [0, 0.1) is 6.92 Å². The minimum absolute atomic E-state index is 0.0744.